The molecule has 0 unspecified atom stereocenters. The Bertz CT molecular complexity index is 918. The molecule has 0 atom stereocenters. The summed E-state index contributed by atoms with van der Waals surface area (Å²) >= 11 is 6.32. The molecule has 5 nitrogen and oxygen atoms in total. The Morgan fingerprint density at radius 2 is 1.76 bits per heavy atom. The van der Waals surface area contributed by atoms with Crippen molar-refractivity contribution in [3.8, 4) is 0 Å². The van der Waals surface area contributed by atoms with Crippen LogP contribution in [0.2, 0.25) is 0 Å². The van der Waals surface area contributed by atoms with Gasteiger partial charge < -0.3 is 0 Å². The van der Waals surface area contributed by atoms with Crippen LogP contribution in [0.25, 0.3) is 10.8 Å². The molecule has 1 aromatic heterocycles. The molecule has 126 valence electrons. The Hall–Kier alpha value is -2.77. The first-order valence-electron chi connectivity index (χ1n) is 7.54. The molecule has 0 spiro atoms. The number of thiophene rings is 1. The fraction of sp³-hybridized carbons (Fsp3) is 0.0556. The third-order valence-corrected chi connectivity index (χ3v) is 4.59. The Morgan fingerprint density at radius 3 is 2.56 bits per heavy atom. The average molecular weight is 369 g/mol. The van der Waals surface area contributed by atoms with E-state index >= 15 is 0 Å². The van der Waals surface area contributed by atoms with Crippen LogP contribution in [0, 0.1) is 0 Å². The lowest BCUT2D eigenvalue weighted by Crippen LogP contribution is -2.48. The third kappa shape index (κ3) is 4.40. The molecule has 3 rings (SSSR count). The number of nitrogens with one attached hydrogen (secondary N) is 3. The molecule has 0 aliphatic carbocycles. The van der Waals surface area contributed by atoms with E-state index in [0.717, 1.165) is 16.3 Å². The number of benzene rings is 2. The number of hydrogen-bond acceptors (Lipinski definition) is 4. The minimum Gasteiger partial charge on any atom is -0.297 e. The molecule has 0 saturated heterocycles. The van der Waals surface area contributed by atoms with Gasteiger partial charge in [0.25, 0.3) is 5.91 Å². The summed E-state index contributed by atoms with van der Waals surface area (Å²) in [5, 5.41) is 6.48. The van der Waals surface area contributed by atoms with Gasteiger partial charge in [0.2, 0.25) is 5.91 Å². The van der Waals surface area contributed by atoms with Crippen LogP contribution in [-0.2, 0) is 11.2 Å². The minimum absolute atomic E-state index is 0.0460. The molecule has 0 radical (unpaired) electrons. The lowest BCUT2D eigenvalue weighted by molar-refractivity contribution is -0.121. The molecular formula is C18H15N3O2S2. The number of carbonyl (C=O) groups excluding carboxylic acids is 2. The summed E-state index contributed by atoms with van der Waals surface area (Å²) in [4.78, 5) is 24.5. The highest BCUT2D eigenvalue weighted by molar-refractivity contribution is 7.80. The van der Waals surface area contributed by atoms with Gasteiger partial charge in [-0.25, -0.2) is 0 Å². The van der Waals surface area contributed by atoms with E-state index in [1.807, 2.05) is 42.5 Å². The molecule has 0 bridgehead atoms. The number of rotatable bonds is 3. The van der Waals surface area contributed by atoms with Gasteiger partial charge >= 0.3 is 0 Å². The summed E-state index contributed by atoms with van der Waals surface area (Å²) in [6.07, 6.45) is 0.204. The maximum Gasteiger partial charge on any atom is 0.267 e. The van der Waals surface area contributed by atoms with Gasteiger partial charge in [-0.15, -0.1) is 11.3 Å². The second-order valence-electron chi connectivity index (χ2n) is 5.25. The van der Waals surface area contributed by atoms with E-state index < -0.39 is 0 Å². The first kappa shape index (κ1) is 17.1. The SMILES string of the molecule is O=C(Cc1cccc2ccccc12)NNC(=S)NC(=O)c1cccs1. The highest BCUT2D eigenvalue weighted by atomic mass is 32.1. The fourth-order valence-corrected chi connectivity index (χ4v) is 3.16. The van der Waals surface area contributed by atoms with Gasteiger partial charge in [-0.1, -0.05) is 48.5 Å². The number of amides is 2. The molecule has 0 aliphatic rings. The highest BCUT2D eigenvalue weighted by Gasteiger charge is 2.10. The van der Waals surface area contributed by atoms with Crippen molar-refractivity contribution in [1.29, 1.82) is 0 Å². The van der Waals surface area contributed by atoms with Crippen molar-refractivity contribution in [2.24, 2.45) is 0 Å². The molecule has 0 fully saturated rings. The van der Waals surface area contributed by atoms with Crippen molar-refractivity contribution in [2.75, 3.05) is 0 Å². The molecule has 25 heavy (non-hydrogen) atoms. The molecule has 0 saturated carbocycles. The lowest BCUT2D eigenvalue weighted by atomic mass is 10.0. The normalized spacial score (nSPS) is 10.2. The van der Waals surface area contributed by atoms with Gasteiger partial charge in [0.15, 0.2) is 5.11 Å². The van der Waals surface area contributed by atoms with Gasteiger partial charge in [0.05, 0.1) is 11.3 Å². The van der Waals surface area contributed by atoms with Crippen molar-refractivity contribution in [1.82, 2.24) is 16.2 Å². The van der Waals surface area contributed by atoms with Crippen LogP contribution in [-0.4, -0.2) is 16.9 Å². The van der Waals surface area contributed by atoms with E-state index in [1.54, 1.807) is 17.5 Å². The summed E-state index contributed by atoms with van der Waals surface area (Å²) in [7, 11) is 0. The maximum atomic E-state index is 12.1. The van der Waals surface area contributed by atoms with Gasteiger partial charge in [-0.3, -0.25) is 25.8 Å². The van der Waals surface area contributed by atoms with Crippen molar-refractivity contribution in [3.63, 3.8) is 0 Å². The zero-order valence-corrected chi connectivity index (χ0v) is 14.7. The Kier molecular flexibility index (Phi) is 5.37. The second-order valence-corrected chi connectivity index (χ2v) is 6.60. The van der Waals surface area contributed by atoms with Gasteiger partial charge in [-0.05, 0) is 40.0 Å². The van der Waals surface area contributed by atoms with E-state index in [9.17, 15) is 9.59 Å². The zero-order chi connectivity index (χ0) is 17.6. The van der Waals surface area contributed by atoms with Gasteiger partial charge in [-0.2, -0.15) is 0 Å². The van der Waals surface area contributed by atoms with Crippen LogP contribution in [0.1, 0.15) is 15.2 Å². The average Bonchev–Trinajstić information content (AvgIpc) is 3.15. The van der Waals surface area contributed by atoms with Crippen molar-refractivity contribution >= 4 is 51.3 Å². The molecular weight excluding hydrogens is 354 g/mol. The monoisotopic (exact) mass is 369 g/mol. The van der Waals surface area contributed by atoms with E-state index in [4.69, 9.17) is 12.2 Å². The van der Waals surface area contributed by atoms with E-state index in [-0.39, 0.29) is 23.3 Å². The van der Waals surface area contributed by atoms with Crippen LogP contribution in [0.15, 0.2) is 60.0 Å². The van der Waals surface area contributed by atoms with Crippen LogP contribution in [0.3, 0.4) is 0 Å². The summed E-state index contributed by atoms with van der Waals surface area (Å²) in [6.45, 7) is 0. The minimum atomic E-state index is -0.309. The maximum absolute atomic E-state index is 12.1. The van der Waals surface area contributed by atoms with Crippen LogP contribution >= 0.6 is 23.6 Å². The zero-order valence-electron chi connectivity index (χ0n) is 13.1. The summed E-state index contributed by atoms with van der Waals surface area (Å²) in [6, 6.07) is 17.2. The number of carbonyl (C=O) groups is 2. The Morgan fingerprint density at radius 1 is 0.960 bits per heavy atom. The standard InChI is InChI=1S/C18H15N3O2S2/c22-16(11-13-7-3-6-12-5-1-2-8-14(12)13)20-21-18(24)19-17(23)15-9-4-10-25-15/h1-10H,11H2,(H,20,22)(H2,19,21,23,24). The van der Waals surface area contributed by atoms with Crippen molar-refractivity contribution < 1.29 is 9.59 Å². The molecule has 0 aliphatic heterocycles. The topological polar surface area (TPSA) is 70.2 Å². The molecule has 3 N–H and O–H groups in total. The van der Waals surface area contributed by atoms with Crippen molar-refractivity contribution in [2.45, 2.75) is 6.42 Å². The summed E-state index contributed by atoms with van der Waals surface area (Å²) in [5.74, 6) is -0.556. The third-order valence-electron chi connectivity index (χ3n) is 3.52. The van der Waals surface area contributed by atoms with E-state index in [0.29, 0.717) is 4.88 Å². The number of hydrazine groups is 1. The van der Waals surface area contributed by atoms with Gasteiger partial charge in [0, 0.05) is 0 Å². The lowest BCUT2D eigenvalue weighted by Gasteiger charge is -2.11. The van der Waals surface area contributed by atoms with Gasteiger partial charge in [0.1, 0.15) is 0 Å². The highest BCUT2D eigenvalue weighted by Crippen LogP contribution is 2.18. The fourth-order valence-electron chi connectivity index (χ4n) is 2.39. The number of hydrogen-bond donors (Lipinski definition) is 3. The predicted molar refractivity (Wildman–Crippen MR) is 103 cm³/mol. The van der Waals surface area contributed by atoms with Crippen LogP contribution < -0.4 is 16.2 Å². The van der Waals surface area contributed by atoms with Crippen LogP contribution in [0.4, 0.5) is 0 Å². The summed E-state index contributed by atoms with van der Waals surface area (Å²) in [5.41, 5.74) is 5.98. The van der Waals surface area contributed by atoms with E-state index in [1.165, 1.54) is 11.3 Å². The van der Waals surface area contributed by atoms with Crippen molar-refractivity contribution in [3.05, 3.63) is 70.4 Å². The molecule has 2 amide bonds. The first-order valence-corrected chi connectivity index (χ1v) is 8.82. The largest absolute Gasteiger partial charge is 0.297 e. The summed E-state index contributed by atoms with van der Waals surface area (Å²) < 4.78 is 0. The predicted octanol–water partition coefficient (Wildman–Crippen LogP) is 2.78. The molecule has 1 heterocycles. The molecule has 2 aromatic carbocycles. The number of fused-ring (bicyclic) bond motifs is 1. The van der Waals surface area contributed by atoms with E-state index in [2.05, 4.69) is 16.2 Å². The smallest absolute Gasteiger partial charge is 0.267 e. The molecule has 7 heteroatoms. The molecule has 3 aromatic rings. The van der Waals surface area contributed by atoms with Crippen LogP contribution in [0.5, 0.6) is 0 Å². The number of thiocarbonyl (C=S) groups is 1. The quantitative estimate of drug-likeness (QED) is 0.490. The Labute approximate surface area is 154 Å². The second kappa shape index (κ2) is 7.87. The first-order chi connectivity index (χ1) is 12.1. The Balaban J connectivity index is 1.54.